The lowest BCUT2D eigenvalue weighted by Gasteiger charge is -2.32. The minimum absolute atomic E-state index is 0.0318. The second-order valence-electron chi connectivity index (χ2n) is 4.27. The van der Waals surface area contributed by atoms with Crippen LogP contribution in [-0.4, -0.2) is 41.6 Å². The molecule has 0 spiro atoms. The van der Waals surface area contributed by atoms with Crippen LogP contribution >= 0.6 is 15.9 Å². The van der Waals surface area contributed by atoms with Gasteiger partial charge in [-0.2, -0.15) is 0 Å². The van der Waals surface area contributed by atoms with E-state index in [4.69, 9.17) is 0 Å². The Hall–Kier alpha value is -1.07. The van der Waals surface area contributed by atoms with Crippen LogP contribution in [-0.2, 0) is 0 Å². The van der Waals surface area contributed by atoms with Crippen molar-refractivity contribution in [3.8, 4) is 5.75 Å². The summed E-state index contributed by atoms with van der Waals surface area (Å²) < 4.78 is 0.793. The predicted molar refractivity (Wildman–Crippen MR) is 69.2 cm³/mol. The molecule has 1 aliphatic rings. The monoisotopic (exact) mass is 298 g/mol. The fourth-order valence-electron chi connectivity index (χ4n) is 1.97. The van der Waals surface area contributed by atoms with Crippen molar-refractivity contribution >= 4 is 21.8 Å². The van der Waals surface area contributed by atoms with E-state index in [1.54, 1.807) is 17.0 Å². The lowest BCUT2D eigenvalue weighted by atomic mass is 10.1. The first kappa shape index (κ1) is 12.4. The molecule has 1 aliphatic heterocycles. The summed E-state index contributed by atoms with van der Waals surface area (Å²) in [4.78, 5) is 14.0. The number of amides is 1. The molecule has 1 heterocycles. The minimum atomic E-state index is -0.114. The van der Waals surface area contributed by atoms with E-state index in [-0.39, 0.29) is 11.7 Å². The number of phenols is 1. The number of carbonyl (C=O) groups is 1. The van der Waals surface area contributed by atoms with Gasteiger partial charge in [0.2, 0.25) is 0 Å². The zero-order valence-corrected chi connectivity index (χ0v) is 11.2. The number of phenolic OH excluding ortho intramolecular Hbond substituents is 1. The summed E-state index contributed by atoms with van der Waals surface area (Å²) in [6, 6.07) is 5.20. The molecule has 4 nitrogen and oxygen atoms in total. The topological polar surface area (TPSA) is 52.6 Å². The molecule has 1 fully saturated rings. The maximum atomic E-state index is 12.2. The second-order valence-corrected chi connectivity index (χ2v) is 5.18. The summed E-state index contributed by atoms with van der Waals surface area (Å²) in [7, 11) is 0. The fourth-order valence-corrected chi connectivity index (χ4v) is 2.33. The first-order chi connectivity index (χ1) is 8.08. The van der Waals surface area contributed by atoms with E-state index in [0.29, 0.717) is 24.7 Å². The molecular weight excluding hydrogens is 284 g/mol. The highest BCUT2D eigenvalue weighted by Gasteiger charge is 2.23. The number of rotatable bonds is 1. The van der Waals surface area contributed by atoms with E-state index in [0.717, 1.165) is 11.0 Å². The Morgan fingerprint density at radius 2 is 2.35 bits per heavy atom. The van der Waals surface area contributed by atoms with Crippen LogP contribution in [0.4, 0.5) is 0 Å². The van der Waals surface area contributed by atoms with Gasteiger partial charge in [0.05, 0.1) is 5.56 Å². The van der Waals surface area contributed by atoms with Gasteiger partial charge in [-0.3, -0.25) is 4.79 Å². The third-order valence-electron chi connectivity index (χ3n) is 2.84. The molecule has 1 aromatic carbocycles. The number of nitrogens with zero attached hydrogens (tertiary/aromatic N) is 1. The van der Waals surface area contributed by atoms with Gasteiger partial charge in [-0.15, -0.1) is 0 Å². The summed E-state index contributed by atoms with van der Waals surface area (Å²) in [5, 5.41) is 13.0. The molecule has 17 heavy (non-hydrogen) atoms. The third kappa shape index (κ3) is 2.79. The van der Waals surface area contributed by atoms with Gasteiger partial charge in [0.1, 0.15) is 5.75 Å². The molecule has 0 bridgehead atoms. The highest BCUT2D eigenvalue weighted by molar-refractivity contribution is 9.10. The lowest BCUT2D eigenvalue weighted by molar-refractivity contribution is 0.0706. The highest BCUT2D eigenvalue weighted by atomic mass is 79.9. The minimum Gasteiger partial charge on any atom is -0.507 e. The van der Waals surface area contributed by atoms with Crippen molar-refractivity contribution in [2.24, 2.45) is 0 Å². The summed E-state index contributed by atoms with van der Waals surface area (Å²) >= 11 is 3.31. The van der Waals surface area contributed by atoms with Gasteiger partial charge in [0.25, 0.3) is 5.91 Å². The van der Waals surface area contributed by atoms with Gasteiger partial charge in [-0.1, -0.05) is 15.9 Å². The standard InChI is InChI=1S/C12H15BrN2O2/c1-8-7-15(5-4-14-8)12(17)10-6-9(13)2-3-11(10)16/h2-3,6,8,14,16H,4-5,7H2,1H3/t8-/m1/s1. The zero-order valence-electron chi connectivity index (χ0n) is 9.61. The third-order valence-corrected chi connectivity index (χ3v) is 3.34. The molecule has 1 amide bonds. The van der Waals surface area contributed by atoms with Crippen LogP contribution in [0.5, 0.6) is 5.75 Å². The SMILES string of the molecule is C[C@@H]1CN(C(=O)c2cc(Br)ccc2O)CCN1. The van der Waals surface area contributed by atoms with Gasteiger partial charge in [-0.25, -0.2) is 0 Å². The van der Waals surface area contributed by atoms with E-state index < -0.39 is 0 Å². The Balaban J connectivity index is 2.21. The van der Waals surface area contributed by atoms with Crippen LogP contribution in [0.3, 0.4) is 0 Å². The van der Waals surface area contributed by atoms with Gasteiger partial charge in [-0.05, 0) is 25.1 Å². The predicted octanol–water partition coefficient (Wildman–Crippen LogP) is 1.59. The molecule has 0 radical (unpaired) electrons. The maximum Gasteiger partial charge on any atom is 0.257 e. The van der Waals surface area contributed by atoms with E-state index in [2.05, 4.69) is 21.2 Å². The van der Waals surface area contributed by atoms with Crippen LogP contribution in [0, 0.1) is 0 Å². The van der Waals surface area contributed by atoms with E-state index in [9.17, 15) is 9.90 Å². The zero-order chi connectivity index (χ0) is 12.4. The largest absolute Gasteiger partial charge is 0.507 e. The van der Waals surface area contributed by atoms with E-state index >= 15 is 0 Å². The average Bonchev–Trinajstić information content (AvgIpc) is 2.31. The first-order valence-electron chi connectivity index (χ1n) is 5.59. The number of aromatic hydroxyl groups is 1. The van der Waals surface area contributed by atoms with Crippen molar-refractivity contribution < 1.29 is 9.90 Å². The molecule has 2 rings (SSSR count). The Labute approximate surface area is 109 Å². The summed E-state index contributed by atoms with van der Waals surface area (Å²) in [6.45, 7) is 4.18. The highest BCUT2D eigenvalue weighted by Crippen LogP contribution is 2.23. The Morgan fingerprint density at radius 1 is 1.59 bits per heavy atom. The average molecular weight is 299 g/mol. The van der Waals surface area contributed by atoms with Crippen molar-refractivity contribution in [3.63, 3.8) is 0 Å². The van der Waals surface area contributed by atoms with E-state index in [1.165, 1.54) is 6.07 Å². The van der Waals surface area contributed by atoms with Crippen molar-refractivity contribution in [1.82, 2.24) is 10.2 Å². The molecule has 0 unspecified atom stereocenters. The van der Waals surface area contributed by atoms with Gasteiger partial charge in [0, 0.05) is 30.1 Å². The second kappa shape index (κ2) is 5.06. The van der Waals surface area contributed by atoms with E-state index in [1.807, 2.05) is 6.92 Å². The summed E-state index contributed by atoms with van der Waals surface area (Å²) in [5.41, 5.74) is 0.355. The molecule has 5 heteroatoms. The molecule has 0 saturated carbocycles. The number of hydrogen-bond donors (Lipinski definition) is 2. The maximum absolute atomic E-state index is 12.2. The van der Waals surface area contributed by atoms with Gasteiger partial charge in [0.15, 0.2) is 0 Å². The van der Waals surface area contributed by atoms with Crippen LogP contribution in [0.15, 0.2) is 22.7 Å². The molecule has 92 valence electrons. The van der Waals surface area contributed by atoms with Gasteiger partial charge < -0.3 is 15.3 Å². The number of nitrogens with one attached hydrogen (secondary N) is 1. The molecule has 1 atom stereocenters. The van der Waals surface area contributed by atoms with Crippen LogP contribution in [0.25, 0.3) is 0 Å². The smallest absolute Gasteiger partial charge is 0.257 e. The van der Waals surface area contributed by atoms with Crippen molar-refractivity contribution in [2.75, 3.05) is 19.6 Å². The Morgan fingerprint density at radius 3 is 3.06 bits per heavy atom. The van der Waals surface area contributed by atoms with Crippen LogP contribution in [0.1, 0.15) is 17.3 Å². The fraction of sp³-hybridized carbons (Fsp3) is 0.417. The van der Waals surface area contributed by atoms with Crippen molar-refractivity contribution in [2.45, 2.75) is 13.0 Å². The molecule has 0 aliphatic carbocycles. The molecule has 1 saturated heterocycles. The Kier molecular flexibility index (Phi) is 3.69. The molecular formula is C12H15BrN2O2. The van der Waals surface area contributed by atoms with Crippen LogP contribution in [0.2, 0.25) is 0 Å². The van der Waals surface area contributed by atoms with Crippen molar-refractivity contribution in [3.05, 3.63) is 28.2 Å². The molecule has 1 aromatic rings. The lowest BCUT2D eigenvalue weighted by Crippen LogP contribution is -2.51. The Bertz CT molecular complexity index is 437. The number of piperazine rings is 1. The number of benzene rings is 1. The number of halogens is 1. The quantitative estimate of drug-likeness (QED) is 0.828. The summed E-state index contributed by atoms with van der Waals surface area (Å²) in [6.07, 6.45) is 0. The van der Waals surface area contributed by atoms with Crippen LogP contribution < -0.4 is 5.32 Å². The normalized spacial score (nSPS) is 20.4. The first-order valence-corrected chi connectivity index (χ1v) is 6.38. The summed E-state index contributed by atoms with van der Waals surface area (Å²) in [5.74, 6) is -0.0819. The number of hydrogen-bond acceptors (Lipinski definition) is 3. The number of carbonyl (C=O) groups excluding carboxylic acids is 1. The van der Waals surface area contributed by atoms with Crippen molar-refractivity contribution in [1.29, 1.82) is 0 Å². The molecule has 0 aromatic heterocycles. The van der Waals surface area contributed by atoms with Gasteiger partial charge >= 0.3 is 0 Å². The molecule has 2 N–H and O–H groups in total.